The van der Waals surface area contributed by atoms with Crippen molar-refractivity contribution in [3.63, 3.8) is 0 Å². The van der Waals surface area contributed by atoms with E-state index in [1.807, 2.05) is 37.1 Å². The van der Waals surface area contributed by atoms with Crippen LogP contribution in [-0.2, 0) is 4.79 Å². The van der Waals surface area contributed by atoms with Gasteiger partial charge in [-0.25, -0.2) is 0 Å². The molecule has 1 aromatic carbocycles. The number of hydrogen-bond donors (Lipinski definition) is 2. The fraction of sp³-hybridized carbons (Fsp3) is 0.500. The Bertz CT molecular complexity index is 392. The Labute approximate surface area is 109 Å². The molecule has 0 aliphatic rings. The zero-order valence-corrected chi connectivity index (χ0v) is 11.4. The van der Waals surface area contributed by atoms with Crippen LogP contribution in [-0.4, -0.2) is 37.5 Å². The van der Waals surface area contributed by atoms with Crippen molar-refractivity contribution in [2.75, 3.05) is 26.7 Å². The van der Waals surface area contributed by atoms with Gasteiger partial charge in [0.2, 0.25) is 5.91 Å². The molecule has 0 fully saturated rings. The van der Waals surface area contributed by atoms with Crippen LogP contribution < -0.4 is 11.1 Å². The van der Waals surface area contributed by atoms with Gasteiger partial charge in [-0.1, -0.05) is 24.3 Å². The van der Waals surface area contributed by atoms with Gasteiger partial charge in [0.05, 0.1) is 12.6 Å². The number of carbonyl (C=O) groups excluding carboxylic acids is 1. The third kappa shape index (κ3) is 4.47. The van der Waals surface area contributed by atoms with Gasteiger partial charge in [0, 0.05) is 13.1 Å². The lowest BCUT2D eigenvalue weighted by Gasteiger charge is -2.19. The van der Waals surface area contributed by atoms with Crippen LogP contribution in [0.25, 0.3) is 0 Å². The smallest absolute Gasteiger partial charge is 0.234 e. The molecular formula is C14H23N3O. The Balaban J connectivity index is 2.52. The lowest BCUT2D eigenvalue weighted by molar-refractivity contribution is -0.122. The minimum atomic E-state index is 0.0294. The van der Waals surface area contributed by atoms with Crippen LogP contribution in [0.2, 0.25) is 0 Å². The van der Waals surface area contributed by atoms with Crippen molar-refractivity contribution in [3.05, 3.63) is 35.4 Å². The number of benzene rings is 1. The highest BCUT2D eigenvalue weighted by molar-refractivity contribution is 5.78. The van der Waals surface area contributed by atoms with Crippen LogP contribution in [0.1, 0.15) is 24.1 Å². The summed E-state index contributed by atoms with van der Waals surface area (Å²) < 4.78 is 0. The SMILES string of the molecule is Cc1ccccc1C(C)NC(=O)CN(C)CCN. The Morgan fingerprint density at radius 2 is 2.11 bits per heavy atom. The number of nitrogens with two attached hydrogens (primary N) is 1. The number of nitrogens with zero attached hydrogens (tertiary/aromatic N) is 1. The van der Waals surface area contributed by atoms with Gasteiger partial charge in [0.25, 0.3) is 0 Å². The fourth-order valence-corrected chi connectivity index (χ4v) is 1.98. The Kier molecular flexibility index (Phi) is 5.82. The Morgan fingerprint density at radius 3 is 2.72 bits per heavy atom. The lowest BCUT2D eigenvalue weighted by Crippen LogP contribution is -2.38. The highest BCUT2D eigenvalue weighted by atomic mass is 16.2. The van der Waals surface area contributed by atoms with Gasteiger partial charge in [0.15, 0.2) is 0 Å². The van der Waals surface area contributed by atoms with Crippen molar-refractivity contribution >= 4 is 5.91 Å². The zero-order valence-electron chi connectivity index (χ0n) is 11.4. The van der Waals surface area contributed by atoms with Crippen molar-refractivity contribution in [2.45, 2.75) is 19.9 Å². The first-order valence-corrected chi connectivity index (χ1v) is 6.28. The predicted octanol–water partition coefficient (Wildman–Crippen LogP) is 1.06. The normalized spacial score (nSPS) is 12.5. The fourth-order valence-electron chi connectivity index (χ4n) is 1.98. The van der Waals surface area contributed by atoms with Crippen molar-refractivity contribution < 1.29 is 4.79 Å². The molecule has 0 bridgehead atoms. The highest BCUT2D eigenvalue weighted by Crippen LogP contribution is 2.16. The number of nitrogens with one attached hydrogen (secondary N) is 1. The number of hydrogen-bond acceptors (Lipinski definition) is 3. The summed E-state index contributed by atoms with van der Waals surface area (Å²) in [5.74, 6) is 0.0294. The third-order valence-corrected chi connectivity index (χ3v) is 2.96. The minimum absolute atomic E-state index is 0.0294. The summed E-state index contributed by atoms with van der Waals surface area (Å²) >= 11 is 0. The second-order valence-corrected chi connectivity index (χ2v) is 4.67. The molecule has 0 aliphatic heterocycles. The zero-order chi connectivity index (χ0) is 13.5. The number of aryl methyl sites for hydroxylation is 1. The lowest BCUT2D eigenvalue weighted by atomic mass is 10.0. The van der Waals surface area contributed by atoms with E-state index >= 15 is 0 Å². The number of amides is 1. The van der Waals surface area contributed by atoms with Gasteiger partial charge >= 0.3 is 0 Å². The van der Waals surface area contributed by atoms with Crippen molar-refractivity contribution in [3.8, 4) is 0 Å². The predicted molar refractivity (Wildman–Crippen MR) is 74.3 cm³/mol. The molecule has 0 aromatic heterocycles. The molecule has 0 aliphatic carbocycles. The molecule has 4 heteroatoms. The van der Waals surface area contributed by atoms with Crippen LogP contribution in [0.5, 0.6) is 0 Å². The molecular weight excluding hydrogens is 226 g/mol. The molecule has 1 atom stereocenters. The summed E-state index contributed by atoms with van der Waals surface area (Å²) in [6.07, 6.45) is 0. The first kappa shape index (κ1) is 14.7. The van der Waals surface area contributed by atoms with Crippen LogP contribution >= 0.6 is 0 Å². The van der Waals surface area contributed by atoms with Crippen LogP contribution in [0, 0.1) is 6.92 Å². The summed E-state index contributed by atoms with van der Waals surface area (Å²) in [6.45, 7) is 5.73. The number of carbonyl (C=O) groups is 1. The van der Waals surface area contributed by atoms with E-state index in [0.717, 1.165) is 12.1 Å². The molecule has 3 N–H and O–H groups in total. The van der Waals surface area contributed by atoms with Gasteiger partial charge in [-0.05, 0) is 32.0 Å². The van der Waals surface area contributed by atoms with Gasteiger partial charge < -0.3 is 11.1 Å². The molecule has 0 spiro atoms. The van der Waals surface area contributed by atoms with E-state index in [2.05, 4.69) is 18.3 Å². The molecule has 0 heterocycles. The molecule has 0 saturated carbocycles. The third-order valence-electron chi connectivity index (χ3n) is 2.96. The standard InChI is InChI=1S/C14H23N3O/c1-11-6-4-5-7-13(11)12(2)16-14(18)10-17(3)9-8-15/h4-7,12H,8-10,15H2,1-3H3,(H,16,18). The summed E-state index contributed by atoms with van der Waals surface area (Å²) in [7, 11) is 1.89. The average molecular weight is 249 g/mol. The Hall–Kier alpha value is -1.39. The quantitative estimate of drug-likeness (QED) is 0.792. The molecule has 1 rings (SSSR count). The van der Waals surface area contributed by atoms with E-state index in [1.54, 1.807) is 0 Å². The highest BCUT2D eigenvalue weighted by Gasteiger charge is 2.12. The van der Waals surface area contributed by atoms with Crippen LogP contribution in [0.4, 0.5) is 0 Å². The second-order valence-electron chi connectivity index (χ2n) is 4.67. The topological polar surface area (TPSA) is 58.4 Å². The average Bonchev–Trinajstić information content (AvgIpc) is 2.29. The maximum atomic E-state index is 11.8. The Morgan fingerprint density at radius 1 is 1.44 bits per heavy atom. The van der Waals surface area contributed by atoms with E-state index in [9.17, 15) is 4.79 Å². The first-order valence-electron chi connectivity index (χ1n) is 6.28. The molecule has 18 heavy (non-hydrogen) atoms. The second kappa shape index (κ2) is 7.13. The van der Waals surface area contributed by atoms with E-state index in [-0.39, 0.29) is 11.9 Å². The van der Waals surface area contributed by atoms with Crippen LogP contribution in [0.3, 0.4) is 0 Å². The van der Waals surface area contributed by atoms with E-state index < -0.39 is 0 Å². The largest absolute Gasteiger partial charge is 0.348 e. The van der Waals surface area contributed by atoms with E-state index in [4.69, 9.17) is 5.73 Å². The molecule has 0 radical (unpaired) electrons. The molecule has 100 valence electrons. The summed E-state index contributed by atoms with van der Waals surface area (Å²) in [5, 5.41) is 3.00. The molecule has 1 aromatic rings. The maximum Gasteiger partial charge on any atom is 0.234 e. The van der Waals surface area contributed by atoms with Crippen LogP contribution in [0.15, 0.2) is 24.3 Å². The first-order chi connectivity index (χ1) is 8.54. The van der Waals surface area contributed by atoms with Gasteiger partial charge in [-0.15, -0.1) is 0 Å². The van der Waals surface area contributed by atoms with E-state index in [1.165, 1.54) is 5.56 Å². The molecule has 4 nitrogen and oxygen atoms in total. The minimum Gasteiger partial charge on any atom is -0.348 e. The molecule has 1 unspecified atom stereocenters. The van der Waals surface area contributed by atoms with E-state index in [0.29, 0.717) is 13.1 Å². The van der Waals surface area contributed by atoms with Crippen molar-refractivity contribution in [1.29, 1.82) is 0 Å². The van der Waals surface area contributed by atoms with Gasteiger partial charge in [-0.2, -0.15) is 0 Å². The summed E-state index contributed by atoms with van der Waals surface area (Å²) in [6, 6.07) is 8.13. The number of likely N-dealkylation sites (N-methyl/N-ethyl adjacent to an activating group) is 1. The van der Waals surface area contributed by atoms with Gasteiger partial charge in [-0.3, -0.25) is 9.69 Å². The summed E-state index contributed by atoms with van der Waals surface area (Å²) in [4.78, 5) is 13.7. The van der Waals surface area contributed by atoms with Crippen molar-refractivity contribution in [1.82, 2.24) is 10.2 Å². The molecule has 0 saturated heterocycles. The van der Waals surface area contributed by atoms with Crippen molar-refractivity contribution in [2.24, 2.45) is 5.73 Å². The summed E-state index contributed by atoms with van der Waals surface area (Å²) in [5.41, 5.74) is 7.80. The number of rotatable bonds is 6. The van der Waals surface area contributed by atoms with Gasteiger partial charge in [0.1, 0.15) is 0 Å². The maximum absolute atomic E-state index is 11.8. The molecule has 1 amide bonds. The monoisotopic (exact) mass is 249 g/mol.